The summed E-state index contributed by atoms with van der Waals surface area (Å²) in [4.78, 5) is 2.49. The highest BCUT2D eigenvalue weighted by atomic mass is 16.3. The van der Waals surface area contributed by atoms with Crippen molar-refractivity contribution in [2.75, 3.05) is 32.8 Å². The number of aliphatic hydroxyl groups is 1. The van der Waals surface area contributed by atoms with Gasteiger partial charge in [0.1, 0.15) is 0 Å². The average molecular weight is 234 g/mol. The zero-order valence-electron chi connectivity index (χ0n) is 10.3. The molecule has 2 N–H and O–H groups in total. The maximum absolute atomic E-state index is 8.95. The van der Waals surface area contributed by atoms with E-state index in [0.717, 1.165) is 39.0 Å². The van der Waals surface area contributed by atoms with Crippen LogP contribution in [-0.2, 0) is 6.42 Å². The Balaban J connectivity index is 1.75. The van der Waals surface area contributed by atoms with Crippen molar-refractivity contribution in [1.82, 2.24) is 10.2 Å². The monoisotopic (exact) mass is 234 g/mol. The molecule has 0 amide bonds. The molecular weight excluding hydrogens is 212 g/mol. The summed E-state index contributed by atoms with van der Waals surface area (Å²) in [6.07, 6.45) is 1.98. The van der Waals surface area contributed by atoms with Crippen LogP contribution in [0.1, 0.15) is 12.0 Å². The first-order valence-corrected chi connectivity index (χ1v) is 6.49. The molecule has 0 saturated carbocycles. The average Bonchev–Trinajstić information content (AvgIpc) is 2.39. The smallest absolute Gasteiger partial charge is 0.0446 e. The fourth-order valence-corrected chi connectivity index (χ4v) is 2.38. The molecule has 1 fully saturated rings. The topological polar surface area (TPSA) is 35.5 Å². The predicted octanol–water partition coefficient (Wildman–Crippen LogP) is 0.885. The second-order valence-corrected chi connectivity index (χ2v) is 4.70. The van der Waals surface area contributed by atoms with Crippen LogP contribution >= 0.6 is 0 Å². The summed E-state index contributed by atoms with van der Waals surface area (Å²) >= 11 is 0. The summed E-state index contributed by atoms with van der Waals surface area (Å²) in [7, 11) is 0. The number of hydrogen-bond acceptors (Lipinski definition) is 3. The minimum absolute atomic E-state index is 0.282. The van der Waals surface area contributed by atoms with Crippen LogP contribution in [0.3, 0.4) is 0 Å². The van der Waals surface area contributed by atoms with E-state index in [1.165, 1.54) is 5.56 Å². The molecule has 1 aromatic rings. The molecule has 1 aromatic carbocycles. The van der Waals surface area contributed by atoms with Gasteiger partial charge in [-0.3, -0.25) is 0 Å². The molecule has 0 bridgehead atoms. The zero-order chi connectivity index (χ0) is 11.9. The highest BCUT2D eigenvalue weighted by Crippen LogP contribution is 2.05. The van der Waals surface area contributed by atoms with Gasteiger partial charge < -0.3 is 15.3 Å². The third kappa shape index (κ3) is 4.11. The number of rotatable bonds is 5. The Hall–Kier alpha value is -0.900. The summed E-state index contributed by atoms with van der Waals surface area (Å²) in [6.45, 7) is 4.62. The summed E-state index contributed by atoms with van der Waals surface area (Å²) in [5.41, 5.74) is 1.41. The van der Waals surface area contributed by atoms with E-state index >= 15 is 0 Å². The first-order chi connectivity index (χ1) is 8.38. The lowest BCUT2D eigenvalue weighted by Crippen LogP contribution is -2.51. The second kappa shape index (κ2) is 6.74. The Kier molecular flexibility index (Phi) is 4.98. The molecule has 17 heavy (non-hydrogen) atoms. The first kappa shape index (κ1) is 12.6. The van der Waals surface area contributed by atoms with Gasteiger partial charge in [0.15, 0.2) is 0 Å². The Morgan fingerprint density at radius 3 is 2.88 bits per heavy atom. The summed E-state index contributed by atoms with van der Waals surface area (Å²) in [5.74, 6) is 0. The van der Waals surface area contributed by atoms with E-state index in [9.17, 15) is 0 Å². The third-order valence-corrected chi connectivity index (χ3v) is 3.38. The molecular formula is C14H22N2O. The van der Waals surface area contributed by atoms with Gasteiger partial charge in [-0.05, 0) is 18.4 Å². The Morgan fingerprint density at radius 2 is 2.12 bits per heavy atom. The molecule has 94 valence electrons. The summed E-state index contributed by atoms with van der Waals surface area (Å²) in [5, 5.41) is 12.4. The van der Waals surface area contributed by atoms with Gasteiger partial charge in [0, 0.05) is 38.8 Å². The number of piperazine rings is 1. The number of nitrogens with one attached hydrogen (secondary N) is 1. The standard InChI is InChI=1S/C14H22N2O/c17-11-7-14-12-16(10-8-15-14)9-6-13-4-2-1-3-5-13/h1-5,14-15,17H,6-12H2. The Bertz CT molecular complexity index is 313. The lowest BCUT2D eigenvalue weighted by atomic mass is 10.1. The largest absolute Gasteiger partial charge is 0.396 e. The Labute approximate surface area is 103 Å². The predicted molar refractivity (Wildman–Crippen MR) is 70.1 cm³/mol. The van der Waals surface area contributed by atoms with E-state index in [0.29, 0.717) is 6.04 Å². The van der Waals surface area contributed by atoms with Crippen LogP contribution in [-0.4, -0.2) is 48.8 Å². The molecule has 0 aromatic heterocycles. The van der Waals surface area contributed by atoms with Crippen molar-refractivity contribution in [3.8, 4) is 0 Å². The van der Waals surface area contributed by atoms with Crippen molar-refractivity contribution >= 4 is 0 Å². The normalized spacial score (nSPS) is 21.6. The maximum atomic E-state index is 8.95. The zero-order valence-corrected chi connectivity index (χ0v) is 10.3. The van der Waals surface area contributed by atoms with Gasteiger partial charge in [-0.1, -0.05) is 30.3 Å². The van der Waals surface area contributed by atoms with E-state index < -0.39 is 0 Å². The highest BCUT2D eigenvalue weighted by Gasteiger charge is 2.17. The fraction of sp³-hybridized carbons (Fsp3) is 0.571. The van der Waals surface area contributed by atoms with Crippen molar-refractivity contribution in [1.29, 1.82) is 0 Å². The van der Waals surface area contributed by atoms with Gasteiger partial charge in [-0.15, -0.1) is 0 Å². The maximum Gasteiger partial charge on any atom is 0.0446 e. The lowest BCUT2D eigenvalue weighted by molar-refractivity contribution is 0.175. The molecule has 0 aliphatic carbocycles. The third-order valence-electron chi connectivity index (χ3n) is 3.38. The van der Waals surface area contributed by atoms with Crippen LogP contribution in [0.15, 0.2) is 30.3 Å². The number of aliphatic hydroxyl groups excluding tert-OH is 1. The molecule has 1 aliphatic rings. The van der Waals surface area contributed by atoms with E-state index in [1.807, 2.05) is 0 Å². The number of hydrogen-bond donors (Lipinski definition) is 2. The highest BCUT2D eigenvalue weighted by molar-refractivity contribution is 5.14. The van der Waals surface area contributed by atoms with Crippen LogP contribution < -0.4 is 5.32 Å². The van der Waals surface area contributed by atoms with Gasteiger partial charge in [0.05, 0.1) is 0 Å². The van der Waals surface area contributed by atoms with E-state index in [4.69, 9.17) is 5.11 Å². The van der Waals surface area contributed by atoms with Gasteiger partial charge in [0.2, 0.25) is 0 Å². The van der Waals surface area contributed by atoms with E-state index in [-0.39, 0.29) is 6.61 Å². The molecule has 1 unspecified atom stereocenters. The van der Waals surface area contributed by atoms with Gasteiger partial charge >= 0.3 is 0 Å². The number of benzene rings is 1. The minimum atomic E-state index is 0.282. The molecule has 1 heterocycles. The van der Waals surface area contributed by atoms with Crippen molar-refractivity contribution in [2.24, 2.45) is 0 Å². The second-order valence-electron chi connectivity index (χ2n) is 4.70. The lowest BCUT2D eigenvalue weighted by Gasteiger charge is -2.33. The van der Waals surface area contributed by atoms with Crippen LogP contribution in [0.5, 0.6) is 0 Å². The van der Waals surface area contributed by atoms with Gasteiger partial charge in [-0.25, -0.2) is 0 Å². The van der Waals surface area contributed by atoms with Crippen LogP contribution in [0.25, 0.3) is 0 Å². The molecule has 2 rings (SSSR count). The molecule has 1 atom stereocenters. The molecule has 3 heteroatoms. The van der Waals surface area contributed by atoms with E-state index in [1.54, 1.807) is 0 Å². The molecule has 0 spiro atoms. The quantitative estimate of drug-likeness (QED) is 0.794. The van der Waals surface area contributed by atoms with Crippen molar-refractivity contribution in [3.63, 3.8) is 0 Å². The molecule has 1 aliphatic heterocycles. The van der Waals surface area contributed by atoms with Crippen molar-refractivity contribution < 1.29 is 5.11 Å². The molecule has 0 radical (unpaired) electrons. The van der Waals surface area contributed by atoms with E-state index in [2.05, 4.69) is 40.5 Å². The van der Waals surface area contributed by atoms with Crippen LogP contribution in [0, 0.1) is 0 Å². The summed E-state index contributed by atoms with van der Waals surface area (Å²) in [6, 6.07) is 11.1. The molecule has 3 nitrogen and oxygen atoms in total. The first-order valence-electron chi connectivity index (χ1n) is 6.49. The fourth-order valence-electron chi connectivity index (χ4n) is 2.38. The SMILES string of the molecule is OCCC1CN(CCc2ccccc2)CCN1. The molecule has 1 saturated heterocycles. The Morgan fingerprint density at radius 1 is 1.29 bits per heavy atom. The summed E-state index contributed by atoms with van der Waals surface area (Å²) < 4.78 is 0. The van der Waals surface area contributed by atoms with Crippen molar-refractivity contribution in [2.45, 2.75) is 18.9 Å². The van der Waals surface area contributed by atoms with Crippen LogP contribution in [0.4, 0.5) is 0 Å². The minimum Gasteiger partial charge on any atom is -0.396 e. The number of nitrogens with zero attached hydrogens (tertiary/aromatic N) is 1. The van der Waals surface area contributed by atoms with Gasteiger partial charge in [0.25, 0.3) is 0 Å². The van der Waals surface area contributed by atoms with Crippen molar-refractivity contribution in [3.05, 3.63) is 35.9 Å². The van der Waals surface area contributed by atoms with Gasteiger partial charge in [-0.2, -0.15) is 0 Å². The van der Waals surface area contributed by atoms with Crippen LogP contribution in [0.2, 0.25) is 0 Å².